The number of nitrogens with two attached hydrogens (primary N) is 1. The quantitative estimate of drug-likeness (QED) is 0.897. The minimum absolute atomic E-state index is 0.140. The molecule has 18 heavy (non-hydrogen) atoms. The molecule has 0 radical (unpaired) electrons. The van der Waals surface area contributed by atoms with Crippen LogP contribution in [-0.4, -0.2) is 11.5 Å². The number of halogens is 1. The van der Waals surface area contributed by atoms with E-state index in [2.05, 4.69) is 4.98 Å². The molecule has 1 aromatic carbocycles. The van der Waals surface area contributed by atoms with Crippen molar-refractivity contribution in [2.24, 2.45) is 17.6 Å². The van der Waals surface area contributed by atoms with Crippen molar-refractivity contribution in [3.05, 3.63) is 42.1 Å². The van der Waals surface area contributed by atoms with Crippen LogP contribution in [0, 0.1) is 11.8 Å². The lowest BCUT2D eigenvalue weighted by molar-refractivity contribution is 0.189. The Bertz CT molecular complexity index is 525. The van der Waals surface area contributed by atoms with Gasteiger partial charge in [-0.25, -0.2) is 4.39 Å². The molecule has 0 spiro atoms. The maximum atomic E-state index is 14.5. The average Bonchev–Trinajstić information content (AvgIpc) is 2.38. The summed E-state index contributed by atoms with van der Waals surface area (Å²) in [4.78, 5) is 4.23. The van der Waals surface area contributed by atoms with Gasteiger partial charge in [-0.3, -0.25) is 4.98 Å². The van der Waals surface area contributed by atoms with Crippen molar-refractivity contribution in [3.63, 3.8) is 0 Å². The van der Waals surface area contributed by atoms with Gasteiger partial charge in [0.15, 0.2) is 0 Å². The Hall–Kier alpha value is -1.48. The maximum Gasteiger partial charge on any atom is 0.129 e. The number of hydrogen-bond donors (Lipinski definition) is 1. The molecule has 2 rings (SSSR count). The molecular formula is C15H19FN2. The Labute approximate surface area is 107 Å². The second-order valence-electron chi connectivity index (χ2n) is 5.00. The monoisotopic (exact) mass is 246 g/mol. The molecule has 2 atom stereocenters. The molecule has 3 heteroatoms. The zero-order valence-electron chi connectivity index (χ0n) is 10.8. The predicted octanol–water partition coefficient (Wildman–Crippen LogP) is 3.48. The van der Waals surface area contributed by atoms with Crippen LogP contribution in [0.2, 0.25) is 0 Å². The highest BCUT2D eigenvalue weighted by molar-refractivity contribution is 5.79. The zero-order valence-corrected chi connectivity index (χ0v) is 10.8. The van der Waals surface area contributed by atoms with Crippen molar-refractivity contribution in [3.8, 4) is 0 Å². The molecule has 0 bridgehead atoms. The maximum absolute atomic E-state index is 14.5. The third kappa shape index (κ3) is 2.51. The van der Waals surface area contributed by atoms with Crippen molar-refractivity contribution < 1.29 is 4.39 Å². The van der Waals surface area contributed by atoms with Crippen LogP contribution in [0.4, 0.5) is 4.39 Å². The first-order valence-electron chi connectivity index (χ1n) is 6.32. The van der Waals surface area contributed by atoms with E-state index in [4.69, 9.17) is 5.73 Å². The molecule has 0 aliphatic rings. The van der Waals surface area contributed by atoms with E-state index in [1.807, 2.05) is 44.2 Å². The van der Waals surface area contributed by atoms with Crippen molar-refractivity contribution in [2.45, 2.75) is 20.0 Å². The van der Waals surface area contributed by atoms with Gasteiger partial charge in [0.2, 0.25) is 0 Å². The van der Waals surface area contributed by atoms with Gasteiger partial charge in [-0.1, -0.05) is 26.0 Å². The second kappa shape index (κ2) is 5.44. The fraction of sp³-hybridized carbons (Fsp3) is 0.400. The predicted molar refractivity (Wildman–Crippen MR) is 73.0 cm³/mol. The van der Waals surface area contributed by atoms with Gasteiger partial charge in [0.1, 0.15) is 6.17 Å². The molecule has 1 heterocycles. The molecule has 0 saturated carbocycles. The Morgan fingerprint density at radius 2 is 2.06 bits per heavy atom. The van der Waals surface area contributed by atoms with E-state index in [9.17, 15) is 4.39 Å². The number of alkyl halides is 1. The van der Waals surface area contributed by atoms with E-state index in [1.165, 1.54) is 0 Å². The highest BCUT2D eigenvalue weighted by Crippen LogP contribution is 2.32. The van der Waals surface area contributed by atoms with E-state index in [0.717, 1.165) is 10.9 Å². The smallest absolute Gasteiger partial charge is 0.129 e. The Morgan fingerprint density at radius 1 is 1.28 bits per heavy atom. The fourth-order valence-corrected chi connectivity index (χ4v) is 2.24. The number of rotatable bonds is 4. The molecule has 2 unspecified atom stereocenters. The van der Waals surface area contributed by atoms with Gasteiger partial charge in [0, 0.05) is 17.5 Å². The Balaban J connectivity index is 2.35. The number of fused-ring (bicyclic) bond motifs is 1. The number of benzene rings is 1. The van der Waals surface area contributed by atoms with Gasteiger partial charge >= 0.3 is 0 Å². The molecule has 0 aliphatic carbocycles. The van der Waals surface area contributed by atoms with Crippen LogP contribution in [0.3, 0.4) is 0 Å². The minimum Gasteiger partial charge on any atom is -0.330 e. The number of aromatic nitrogens is 1. The number of hydrogen-bond acceptors (Lipinski definition) is 2. The normalized spacial score (nSPS) is 14.9. The Kier molecular flexibility index (Phi) is 3.92. The highest BCUT2D eigenvalue weighted by Gasteiger charge is 2.24. The highest BCUT2D eigenvalue weighted by atomic mass is 19.1. The summed E-state index contributed by atoms with van der Waals surface area (Å²) in [5.74, 6) is 0.0914. The minimum atomic E-state index is -1.01. The van der Waals surface area contributed by atoms with E-state index in [1.54, 1.807) is 6.20 Å². The first kappa shape index (κ1) is 13.0. The SMILES string of the molecule is CC(C)C(CN)C(F)c1ccc2ncccc2c1. The molecule has 96 valence electrons. The summed E-state index contributed by atoms with van der Waals surface area (Å²) >= 11 is 0. The van der Waals surface area contributed by atoms with Crippen LogP contribution in [0.15, 0.2) is 36.5 Å². The number of nitrogens with zero attached hydrogens (tertiary/aromatic N) is 1. The molecule has 2 N–H and O–H groups in total. The second-order valence-corrected chi connectivity index (χ2v) is 5.00. The van der Waals surface area contributed by atoms with Crippen LogP contribution >= 0.6 is 0 Å². The summed E-state index contributed by atoms with van der Waals surface area (Å²) in [5, 5.41) is 0.970. The fourth-order valence-electron chi connectivity index (χ4n) is 2.24. The molecule has 0 aliphatic heterocycles. The third-order valence-corrected chi connectivity index (χ3v) is 3.45. The van der Waals surface area contributed by atoms with Crippen molar-refractivity contribution in [1.29, 1.82) is 0 Å². The standard InChI is InChI=1S/C15H19FN2/c1-10(2)13(9-17)15(16)12-5-6-14-11(8-12)4-3-7-18-14/h3-8,10,13,15H,9,17H2,1-2H3. The van der Waals surface area contributed by atoms with Crippen molar-refractivity contribution >= 4 is 10.9 Å². The van der Waals surface area contributed by atoms with Crippen molar-refractivity contribution in [1.82, 2.24) is 4.98 Å². The summed E-state index contributed by atoms with van der Waals surface area (Å²) in [6.45, 7) is 4.38. The first-order chi connectivity index (χ1) is 8.63. The van der Waals surface area contributed by atoms with Gasteiger partial charge in [-0.2, -0.15) is 0 Å². The van der Waals surface area contributed by atoms with E-state index < -0.39 is 6.17 Å². The average molecular weight is 246 g/mol. The van der Waals surface area contributed by atoms with E-state index in [-0.39, 0.29) is 11.8 Å². The zero-order chi connectivity index (χ0) is 13.1. The lowest BCUT2D eigenvalue weighted by atomic mass is 9.87. The van der Waals surface area contributed by atoms with Crippen LogP contribution in [0.5, 0.6) is 0 Å². The number of pyridine rings is 1. The van der Waals surface area contributed by atoms with Crippen LogP contribution in [0.25, 0.3) is 10.9 Å². The van der Waals surface area contributed by atoms with Gasteiger partial charge in [0.05, 0.1) is 5.52 Å². The van der Waals surface area contributed by atoms with Gasteiger partial charge in [-0.15, -0.1) is 0 Å². The topological polar surface area (TPSA) is 38.9 Å². The summed E-state index contributed by atoms with van der Waals surface area (Å²) in [6.07, 6.45) is 0.728. The van der Waals surface area contributed by atoms with E-state index in [0.29, 0.717) is 12.1 Å². The first-order valence-corrected chi connectivity index (χ1v) is 6.32. The largest absolute Gasteiger partial charge is 0.330 e. The van der Waals surface area contributed by atoms with Gasteiger partial charge in [0.25, 0.3) is 0 Å². The van der Waals surface area contributed by atoms with Crippen LogP contribution < -0.4 is 5.73 Å². The molecular weight excluding hydrogens is 227 g/mol. The molecule has 2 nitrogen and oxygen atoms in total. The third-order valence-electron chi connectivity index (χ3n) is 3.45. The summed E-state index contributed by atoms with van der Waals surface area (Å²) in [6, 6.07) is 9.36. The lowest BCUT2D eigenvalue weighted by Gasteiger charge is -2.23. The van der Waals surface area contributed by atoms with Crippen molar-refractivity contribution in [2.75, 3.05) is 6.54 Å². The molecule has 2 aromatic rings. The Morgan fingerprint density at radius 3 is 2.72 bits per heavy atom. The summed E-state index contributed by atoms with van der Waals surface area (Å²) < 4.78 is 14.5. The van der Waals surface area contributed by atoms with Crippen LogP contribution in [-0.2, 0) is 0 Å². The van der Waals surface area contributed by atoms with E-state index >= 15 is 0 Å². The van der Waals surface area contributed by atoms with Gasteiger partial charge in [-0.05, 0) is 36.2 Å². The lowest BCUT2D eigenvalue weighted by Crippen LogP contribution is -2.24. The molecule has 0 amide bonds. The molecule has 0 fully saturated rings. The molecule has 0 saturated heterocycles. The van der Waals surface area contributed by atoms with Gasteiger partial charge < -0.3 is 5.73 Å². The summed E-state index contributed by atoms with van der Waals surface area (Å²) in [7, 11) is 0. The molecule has 1 aromatic heterocycles. The van der Waals surface area contributed by atoms with Crippen LogP contribution in [0.1, 0.15) is 25.6 Å². The summed E-state index contributed by atoms with van der Waals surface area (Å²) in [5.41, 5.74) is 7.26.